The van der Waals surface area contributed by atoms with Crippen LogP contribution in [0.1, 0.15) is 17.4 Å². The fraction of sp³-hybridized carbons (Fsp3) is 0.118. The number of aliphatic hydroxyl groups is 1. The molecule has 106 valence electrons. The molecule has 2 nitrogen and oxygen atoms in total. The van der Waals surface area contributed by atoms with Crippen LogP contribution in [0, 0.1) is 5.82 Å². The average molecular weight is 346 g/mol. The van der Waals surface area contributed by atoms with Crippen LogP contribution in [-0.4, -0.2) is 10.1 Å². The fourth-order valence-electron chi connectivity index (χ4n) is 2.28. The zero-order chi connectivity index (χ0) is 14.8. The largest absolute Gasteiger partial charge is 0.386 e. The lowest BCUT2D eigenvalue weighted by Crippen LogP contribution is -2.05. The molecule has 0 aliphatic heterocycles. The molecule has 4 heteroatoms. The van der Waals surface area contributed by atoms with Crippen LogP contribution >= 0.6 is 15.9 Å². The Labute approximate surface area is 130 Å². The van der Waals surface area contributed by atoms with Gasteiger partial charge in [0.05, 0.1) is 11.2 Å². The van der Waals surface area contributed by atoms with Crippen molar-refractivity contribution in [2.24, 2.45) is 0 Å². The molecule has 0 fully saturated rings. The quantitative estimate of drug-likeness (QED) is 0.762. The predicted molar refractivity (Wildman–Crippen MR) is 84.5 cm³/mol. The van der Waals surface area contributed by atoms with Gasteiger partial charge in [-0.25, -0.2) is 4.39 Å². The number of halogens is 2. The standard InChI is InChI=1S/C17H13BrFNO/c18-14-7-6-13(19)9-12(14)10-17(21)16-8-5-11-3-1-2-4-15(11)20-16/h1-9,17,21H,10H2. The van der Waals surface area contributed by atoms with Gasteiger partial charge in [-0.3, -0.25) is 4.98 Å². The van der Waals surface area contributed by atoms with Crippen molar-refractivity contribution in [1.82, 2.24) is 4.98 Å². The summed E-state index contributed by atoms with van der Waals surface area (Å²) in [5.74, 6) is -0.313. The van der Waals surface area contributed by atoms with Gasteiger partial charge in [-0.05, 0) is 35.9 Å². The number of pyridine rings is 1. The highest BCUT2D eigenvalue weighted by Gasteiger charge is 2.13. The summed E-state index contributed by atoms with van der Waals surface area (Å²) in [4.78, 5) is 4.46. The van der Waals surface area contributed by atoms with Crippen molar-refractivity contribution in [2.75, 3.05) is 0 Å². The Hall–Kier alpha value is -1.78. The van der Waals surface area contributed by atoms with Crippen molar-refractivity contribution in [2.45, 2.75) is 12.5 Å². The van der Waals surface area contributed by atoms with E-state index in [1.165, 1.54) is 12.1 Å². The van der Waals surface area contributed by atoms with Crippen molar-refractivity contribution in [3.05, 3.63) is 76.1 Å². The van der Waals surface area contributed by atoms with E-state index in [2.05, 4.69) is 20.9 Å². The topological polar surface area (TPSA) is 33.1 Å². The van der Waals surface area contributed by atoms with E-state index in [1.54, 1.807) is 12.1 Å². The number of hydrogen-bond donors (Lipinski definition) is 1. The Balaban J connectivity index is 1.89. The number of aromatic nitrogens is 1. The van der Waals surface area contributed by atoms with Crippen molar-refractivity contribution in [3.63, 3.8) is 0 Å². The van der Waals surface area contributed by atoms with Crippen molar-refractivity contribution >= 4 is 26.8 Å². The Morgan fingerprint density at radius 1 is 1.10 bits per heavy atom. The average Bonchev–Trinajstić information content (AvgIpc) is 2.50. The molecular weight excluding hydrogens is 333 g/mol. The lowest BCUT2D eigenvalue weighted by atomic mass is 10.0. The molecule has 0 bridgehead atoms. The first-order chi connectivity index (χ1) is 10.1. The van der Waals surface area contributed by atoms with Gasteiger partial charge in [0, 0.05) is 16.3 Å². The lowest BCUT2D eigenvalue weighted by molar-refractivity contribution is 0.173. The lowest BCUT2D eigenvalue weighted by Gasteiger charge is -2.12. The van der Waals surface area contributed by atoms with Crippen LogP contribution in [0.2, 0.25) is 0 Å². The molecule has 3 rings (SSSR count). The molecule has 3 aromatic rings. The molecular formula is C17H13BrFNO. The molecule has 1 unspecified atom stereocenters. The second kappa shape index (κ2) is 5.92. The van der Waals surface area contributed by atoms with E-state index < -0.39 is 6.10 Å². The van der Waals surface area contributed by atoms with E-state index in [-0.39, 0.29) is 5.82 Å². The summed E-state index contributed by atoms with van der Waals surface area (Å²) >= 11 is 3.37. The van der Waals surface area contributed by atoms with E-state index in [9.17, 15) is 9.50 Å². The summed E-state index contributed by atoms with van der Waals surface area (Å²) in [6, 6.07) is 15.9. The van der Waals surface area contributed by atoms with Gasteiger partial charge in [0.1, 0.15) is 11.9 Å². The Bertz CT molecular complexity index is 791. The van der Waals surface area contributed by atoms with E-state index in [0.29, 0.717) is 12.1 Å². The van der Waals surface area contributed by atoms with Gasteiger partial charge < -0.3 is 5.11 Å². The Morgan fingerprint density at radius 3 is 2.76 bits per heavy atom. The van der Waals surface area contributed by atoms with E-state index in [1.807, 2.05) is 30.3 Å². The maximum absolute atomic E-state index is 13.3. The summed E-state index contributed by atoms with van der Waals surface area (Å²) in [6.45, 7) is 0. The molecule has 0 radical (unpaired) electrons. The summed E-state index contributed by atoms with van der Waals surface area (Å²) in [6.07, 6.45) is -0.461. The summed E-state index contributed by atoms with van der Waals surface area (Å²) in [5, 5.41) is 11.4. The zero-order valence-electron chi connectivity index (χ0n) is 11.1. The molecule has 21 heavy (non-hydrogen) atoms. The predicted octanol–water partition coefficient (Wildman–Crippen LogP) is 4.41. The molecule has 0 saturated carbocycles. The van der Waals surface area contributed by atoms with Crippen molar-refractivity contribution < 1.29 is 9.50 Å². The van der Waals surface area contributed by atoms with Crippen LogP contribution in [0.5, 0.6) is 0 Å². The third kappa shape index (κ3) is 3.12. The second-order valence-electron chi connectivity index (χ2n) is 4.88. The number of benzene rings is 2. The minimum atomic E-state index is -0.771. The van der Waals surface area contributed by atoms with E-state index >= 15 is 0 Å². The summed E-state index contributed by atoms with van der Waals surface area (Å²) < 4.78 is 14.1. The molecule has 1 atom stereocenters. The third-order valence-electron chi connectivity index (χ3n) is 3.38. The minimum absolute atomic E-state index is 0.309. The molecule has 1 aromatic heterocycles. The van der Waals surface area contributed by atoms with Crippen LogP contribution in [0.25, 0.3) is 10.9 Å². The van der Waals surface area contributed by atoms with Gasteiger partial charge in [-0.15, -0.1) is 0 Å². The minimum Gasteiger partial charge on any atom is -0.386 e. The third-order valence-corrected chi connectivity index (χ3v) is 4.16. The first kappa shape index (κ1) is 14.2. The number of nitrogens with zero attached hydrogens (tertiary/aromatic N) is 1. The van der Waals surface area contributed by atoms with Crippen LogP contribution < -0.4 is 0 Å². The van der Waals surface area contributed by atoms with Gasteiger partial charge in [0.2, 0.25) is 0 Å². The Kier molecular flexibility index (Phi) is 3.99. The van der Waals surface area contributed by atoms with Gasteiger partial charge >= 0.3 is 0 Å². The highest BCUT2D eigenvalue weighted by molar-refractivity contribution is 9.10. The van der Waals surface area contributed by atoms with Gasteiger partial charge in [-0.1, -0.05) is 40.2 Å². The fourth-order valence-corrected chi connectivity index (χ4v) is 2.69. The normalized spacial score (nSPS) is 12.5. The maximum atomic E-state index is 13.3. The first-order valence-corrected chi connectivity index (χ1v) is 7.40. The molecule has 0 spiro atoms. The molecule has 2 aromatic carbocycles. The monoisotopic (exact) mass is 345 g/mol. The number of fused-ring (bicyclic) bond motifs is 1. The highest BCUT2D eigenvalue weighted by atomic mass is 79.9. The highest BCUT2D eigenvalue weighted by Crippen LogP contribution is 2.25. The summed E-state index contributed by atoms with van der Waals surface area (Å²) in [5.41, 5.74) is 2.15. The SMILES string of the molecule is OC(Cc1cc(F)ccc1Br)c1ccc2ccccc2n1. The molecule has 0 aliphatic carbocycles. The zero-order valence-corrected chi connectivity index (χ0v) is 12.7. The van der Waals surface area contributed by atoms with Gasteiger partial charge in [0.15, 0.2) is 0 Å². The molecule has 1 heterocycles. The van der Waals surface area contributed by atoms with Crippen molar-refractivity contribution in [1.29, 1.82) is 0 Å². The van der Waals surface area contributed by atoms with E-state index in [0.717, 1.165) is 20.9 Å². The molecule has 1 N–H and O–H groups in total. The van der Waals surface area contributed by atoms with Crippen LogP contribution in [-0.2, 0) is 6.42 Å². The number of rotatable bonds is 3. The molecule has 0 amide bonds. The van der Waals surface area contributed by atoms with Gasteiger partial charge in [0.25, 0.3) is 0 Å². The first-order valence-electron chi connectivity index (χ1n) is 6.61. The number of aliphatic hydroxyl groups excluding tert-OH is 1. The second-order valence-corrected chi connectivity index (χ2v) is 5.74. The molecule has 0 saturated heterocycles. The van der Waals surface area contributed by atoms with Crippen LogP contribution in [0.15, 0.2) is 59.1 Å². The van der Waals surface area contributed by atoms with E-state index in [4.69, 9.17) is 0 Å². The van der Waals surface area contributed by atoms with Crippen LogP contribution in [0.4, 0.5) is 4.39 Å². The smallest absolute Gasteiger partial charge is 0.123 e. The summed E-state index contributed by atoms with van der Waals surface area (Å²) in [7, 11) is 0. The maximum Gasteiger partial charge on any atom is 0.123 e. The number of para-hydroxylation sites is 1. The van der Waals surface area contributed by atoms with Crippen molar-refractivity contribution in [3.8, 4) is 0 Å². The molecule has 0 aliphatic rings. The number of hydrogen-bond acceptors (Lipinski definition) is 2. The van der Waals surface area contributed by atoms with Gasteiger partial charge in [-0.2, -0.15) is 0 Å². The Morgan fingerprint density at radius 2 is 1.90 bits per heavy atom. The van der Waals surface area contributed by atoms with Crippen LogP contribution in [0.3, 0.4) is 0 Å².